The Bertz CT molecular complexity index is 833. The van der Waals surface area contributed by atoms with Gasteiger partial charge in [0.15, 0.2) is 0 Å². The van der Waals surface area contributed by atoms with Gasteiger partial charge in [0.05, 0.1) is 12.1 Å². The molecule has 0 aliphatic rings. The lowest BCUT2D eigenvalue weighted by Crippen LogP contribution is -2.19. The van der Waals surface area contributed by atoms with Gasteiger partial charge in [-0.25, -0.2) is 0 Å². The number of fused-ring (bicyclic) bond motifs is 1. The van der Waals surface area contributed by atoms with Gasteiger partial charge in [-0.05, 0) is 30.5 Å². The summed E-state index contributed by atoms with van der Waals surface area (Å²) >= 11 is 0. The van der Waals surface area contributed by atoms with Crippen LogP contribution in [-0.2, 0) is 29.6 Å². The lowest BCUT2D eigenvalue weighted by atomic mass is 9.98. The van der Waals surface area contributed by atoms with E-state index in [1.807, 2.05) is 13.0 Å². The van der Waals surface area contributed by atoms with Gasteiger partial charge in [0, 0.05) is 38.1 Å². The summed E-state index contributed by atoms with van der Waals surface area (Å²) in [6, 6.07) is 3.50. The van der Waals surface area contributed by atoms with Crippen LogP contribution in [0.1, 0.15) is 23.6 Å². The van der Waals surface area contributed by atoms with E-state index in [0.29, 0.717) is 18.8 Å². The molecule has 0 N–H and O–H groups in total. The van der Waals surface area contributed by atoms with Gasteiger partial charge in [-0.3, -0.25) is 9.59 Å². The van der Waals surface area contributed by atoms with Crippen LogP contribution in [-0.4, -0.2) is 17.6 Å². The molecule has 0 saturated heterocycles. The number of aryl methyl sites for hydroxylation is 2. The van der Waals surface area contributed by atoms with Crippen molar-refractivity contribution in [3.63, 3.8) is 0 Å². The number of rotatable bonds is 5. The second kappa shape index (κ2) is 6.79. The number of pyridine rings is 1. The maximum atomic E-state index is 12.3. The first-order valence-electron chi connectivity index (χ1n) is 7.34. The van der Waals surface area contributed by atoms with Crippen LogP contribution in [0.5, 0.6) is 5.75 Å². The van der Waals surface area contributed by atoms with Crippen LogP contribution in [0, 0.1) is 6.92 Å². The van der Waals surface area contributed by atoms with E-state index < -0.39 is 5.97 Å². The van der Waals surface area contributed by atoms with Crippen molar-refractivity contribution < 1.29 is 14.3 Å². The smallest absolute Gasteiger partial charge is 0.308 e. The second-order valence-electron chi connectivity index (χ2n) is 5.48. The van der Waals surface area contributed by atoms with E-state index in [1.54, 1.807) is 30.9 Å². The molecule has 0 spiro atoms. The van der Waals surface area contributed by atoms with Crippen molar-refractivity contribution in [3.8, 4) is 5.75 Å². The Balaban J connectivity index is 2.96. The highest BCUT2D eigenvalue weighted by molar-refractivity contribution is 5.89. The molecule has 0 aliphatic heterocycles. The lowest BCUT2D eigenvalue weighted by Gasteiger charge is -2.18. The van der Waals surface area contributed by atoms with Crippen molar-refractivity contribution in [2.24, 2.45) is 7.05 Å². The number of hydrogen-bond acceptors (Lipinski definition) is 4. The fraction of sp³-hybridized carbons (Fsp3) is 0.333. The van der Waals surface area contributed by atoms with Crippen LogP contribution < -0.4 is 10.3 Å². The average molecular weight is 315 g/mol. The third kappa shape index (κ3) is 3.19. The van der Waals surface area contributed by atoms with Crippen molar-refractivity contribution in [1.29, 1.82) is 0 Å². The Hall–Kier alpha value is -2.40. The highest BCUT2D eigenvalue weighted by Crippen LogP contribution is 2.33. The van der Waals surface area contributed by atoms with E-state index in [9.17, 15) is 9.59 Å². The molecule has 0 saturated carbocycles. The number of methoxy groups -OCH3 is 1. The molecule has 0 aliphatic carbocycles. The van der Waals surface area contributed by atoms with E-state index in [1.165, 1.54) is 6.92 Å². The number of allylic oxidation sites excluding steroid dienone is 1. The third-order valence-corrected chi connectivity index (χ3v) is 3.74. The van der Waals surface area contributed by atoms with Crippen molar-refractivity contribution in [2.75, 3.05) is 7.11 Å². The van der Waals surface area contributed by atoms with Gasteiger partial charge in [-0.2, -0.15) is 0 Å². The van der Waals surface area contributed by atoms with Gasteiger partial charge in [0.2, 0.25) is 0 Å². The Morgan fingerprint density at radius 2 is 2.09 bits per heavy atom. The zero-order valence-electron chi connectivity index (χ0n) is 13.9. The summed E-state index contributed by atoms with van der Waals surface area (Å²) in [6.07, 6.45) is 2.22. The summed E-state index contributed by atoms with van der Waals surface area (Å²) in [4.78, 5) is 23.7. The predicted molar refractivity (Wildman–Crippen MR) is 89.8 cm³/mol. The van der Waals surface area contributed by atoms with Crippen LogP contribution in [0.25, 0.3) is 10.9 Å². The van der Waals surface area contributed by atoms with E-state index in [0.717, 1.165) is 27.6 Å². The quantitative estimate of drug-likeness (QED) is 0.483. The first-order chi connectivity index (χ1) is 10.9. The fourth-order valence-corrected chi connectivity index (χ4v) is 2.81. The van der Waals surface area contributed by atoms with Gasteiger partial charge in [0.1, 0.15) is 5.75 Å². The van der Waals surface area contributed by atoms with Crippen LogP contribution >= 0.6 is 0 Å². The van der Waals surface area contributed by atoms with Gasteiger partial charge in [-0.15, -0.1) is 6.58 Å². The van der Waals surface area contributed by atoms with Gasteiger partial charge < -0.3 is 14.0 Å². The normalized spacial score (nSPS) is 10.8. The molecule has 2 aromatic rings. The number of carbonyl (C=O) groups excluding carboxylic acids is 1. The van der Waals surface area contributed by atoms with E-state index in [4.69, 9.17) is 9.47 Å². The third-order valence-electron chi connectivity index (χ3n) is 3.74. The van der Waals surface area contributed by atoms with Gasteiger partial charge in [0.25, 0.3) is 5.56 Å². The number of carbonyl (C=O) groups is 1. The van der Waals surface area contributed by atoms with Crippen LogP contribution in [0.3, 0.4) is 0 Å². The summed E-state index contributed by atoms with van der Waals surface area (Å²) in [5.74, 6) is 0.102. The molecule has 2 rings (SSSR count). The molecule has 0 fully saturated rings. The Morgan fingerprint density at radius 3 is 2.65 bits per heavy atom. The van der Waals surface area contributed by atoms with Crippen molar-refractivity contribution in [2.45, 2.75) is 26.9 Å². The number of ether oxygens (including phenoxy) is 2. The summed E-state index contributed by atoms with van der Waals surface area (Å²) in [6.45, 7) is 7.35. The van der Waals surface area contributed by atoms with Crippen LogP contribution in [0.4, 0.5) is 0 Å². The van der Waals surface area contributed by atoms with Gasteiger partial charge >= 0.3 is 5.97 Å². The van der Waals surface area contributed by atoms with E-state index in [2.05, 4.69) is 6.58 Å². The minimum Gasteiger partial charge on any atom is -0.426 e. The molecule has 23 heavy (non-hydrogen) atoms. The molecular formula is C18H21NO4. The highest BCUT2D eigenvalue weighted by atomic mass is 16.5. The minimum atomic E-state index is -0.393. The first kappa shape index (κ1) is 17.0. The molecule has 1 aromatic carbocycles. The number of benzene rings is 1. The summed E-state index contributed by atoms with van der Waals surface area (Å²) < 4.78 is 12.2. The van der Waals surface area contributed by atoms with Gasteiger partial charge in [-0.1, -0.05) is 6.08 Å². The second-order valence-corrected chi connectivity index (χ2v) is 5.48. The minimum absolute atomic E-state index is 0.132. The average Bonchev–Trinajstić information content (AvgIpc) is 2.48. The fourth-order valence-electron chi connectivity index (χ4n) is 2.81. The molecule has 1 aromatic heterocycles. The topological polar surface area (TPSA) is 57.5 Å². The first-order valence-corrected chi connectivity index (χ1v) is 7.34. The number of esters is 1. The zero-order chi connectivity index (χ0) is 17.1. The van der Waals surface area contributed by atoms with Crippen LogP contribution in [0.2, 0.25) is 0 Å². The largest absolute Gasteiger partial charge is 0.426 e. The number of hydrogen-bond donors (Lipinski definition) is 0. The maximum absolute atomic E-state index is 12.3. The monoisotopic (exact) mass is 315 g/mol. The summed E-state index contributed by atoms with van der Waals surface area (Å²) in [5.41, 5.74) is 3.04. The molecular weight excluding hydrogens is 294 g/mol. The van der Waals surface area contributed by atoms with Crippen molar-refractivity contribution in [3.05, 3.63) is 51.8 Å². The van der Waals surface area contributed by atoms with E-state index >= 15 is 0 Å². The van der Waals surface area contributed by atoms with E-state index in [-0.39, 0.29) is 5.56 Å². The summed E-state index contributed by atoms with van der Waals surface area (Å²) in [7, 11) is 3.30. The molecule has 122 valence electrons. The molecule has 0 radical (unpaired) electrons. The maximum Gasteiger partial charge on any atom is 0.308 e. The summed E-state index contributed by atoms with van der Waals surface area (Å²) in [5, 5.41) is 0.916. The Morgan fingerprint density at radius 1 is 1.39 bits per heavy atom. The van der Waals surface area contributed by atoms with Crippen molar-refractivity contribution in [1.82, 2.24) is 4.57 Å². The van der Waals surface area contributed by atoms with Crippen LogP contribution in [0.15, 0.2) is 29.6 Å². The molecule has 0 unspecified atom stereocenters. The molecule has 0 amide bonds. The molecule has 0 atom stereocenters. The number of nitrogens with zero attached hydrogens (tertiary/aromatic N) is 1. The predicted octanol–water partition coefficient (Wildman–Crippen LogP) is 2.65. The Labute approximate surface area is 135 Å². The van der Waals surface area contributed by atoms with Crippen molar-refractivity contribution >= 4 is 16.9 Å². The lowest BCUT2D eigenvalue weighted by molar-refractivity contribution is -0.131. The standard InChI is InChI=1S/C18H21NO4/c1-6-7-14-17-15(8-11(2)18(14)23-12(3)20)13(10-22-5)9-16(21)19(17)4/h6,8-9H,1,7,10H2,2-5H3. The molecule has 1 heterocycles. The SMILES string of the molecule is C=CCc1c(OC(C)=O)c(C)cc2c(COC)cc(=O)n(C)c12. The molecule has 5 nitrogen and oxygen atoms in total. The molecule has 5 heteroatoms. The molecule has 0 bridgehead atoms. The number of aromatic nitrogens is 1. The highest BCUT2D eigenvalue weighted by Gasteiger charge is 2.18. The Kier molecular flexibility index (Phi) is 5.01. The zero-order valence-corrected chi connectivity index (χ0v) is 13.9.